The number of anilines is 1. The van der Waals surface area contributed by atoms with E-state index >= 15 is 0 Å². The lowest BCUT2D eigenvalue weighted by atomic mass is 10.0. The Hall–Kier alpha value is -3.65. The fourth-order valence-electron chi connectivity index (χ4n) is 4.46. The van der Waals surface area contributed by atoms with Crippen LogP contribution in [0.15, 0.2) is 78.9 Å². The number of sulfonamides is 1. The first-order valence-electron chi connectivity index (χ1n) is 13.2. The molecule has 0 saturated carbocycles. The van der Waals surface area contributed by atoms with Crippen LogP contribution in [0.3, 0.4) is 0 Å². The molecule has 0 aliphatic rings. The van der Waals surface area contributed by atoms with Gasteiger partial charge in [-0.05, 0) is 54.2 Å². The van der Waals surface area contributed by atoms with E-state index in [0.717, 1.165) is 32.8 Å². The second-order valence-electron chi connectivity index (χ2n) is 10.1. The minimum absolute atomic E-state index is 0.171. The summed E-state index contributed by atoms with van der Waals surface area (Å²) in [5.74, 6) is -0.452. The molecule has 2 amide bonds. The number of rotatable bonds is 12. The molecule has 208 valence electrons. The van der Waals surface area contributed by atoms with Crippen molar-refractivity contribution >= 4 is 27.5 Å². The van der Waals surface area contributed by atoms with Gasteiger partial charge in [0.25, 0.3) is 0 Å². The highest BCUT2D eigenvalue weighted by Crippen LogP contribution is 2.23. The zero-order chi connectivity index (χ0) is 28.6. The van der Waals surface area contributed by atoms with Crippen LogP contribution in [0.25, 0.3) is 0 Å². The van der Waals surface area contributed by atoms with E-state index in [1.807, 2.05) is 80.6 Å². The largest absolute Gasteiger partial charge is 0.355 e. The van der Waals surface area contributed by atoms with Crippen LogP contribution in [0.5, 0.6) is 0 Å². The molecule has 0 heterocycles. The Morgan fingerprint density at radius 1 is 0.897 bits per heavy atom. The minimum Gasteiger partial charge on any atom is -0.355 e. The molecule has 0 saturated heterocycles. The Balaban J connectivity index is 2.04. The lowest BCUT2D eigenvalue weighted by Gasteiger charge is -2.33. The van der Waals surface area contributed by atoms with Crippen LogP contribution in [-0.4, -0.2) is 50.5 Å². The fraction of sp³-hybridized carbons (Fsp3) is 0.355. The van der Waals surface area contributed by atoms with E-state index in [9.17, 15) is 18.0 Å². The van der Waals surface area contributed by atoms with Crippen LogP contribution in [0.4, 0.5) is 5.69 Å². The van der Waals surface area contributed by atoms with Crippen molar-refractivity contribution in [3.8, 4) is 0 Å². The average Bonchev–Trinajstić information content (AvgIpc) is 2.90. The predicted octanol–water partition coefficient (Wildman–Crippen LogP) is 4.66. The van der Waals surface area contributed by atoms with Gasteiger partial charge in [-0.2, -0.15) is 0 Å². The third-order valence-corrected chi connectivity index (χ3v) is 7.89. The predicted molar refractivity (Wildman–Crippen MR) is 157 cm³/mol. The summed E-state index contributed by atoms with van der Waals surface area (Å²) in [7, 11) is -3.79. The number of carbonyl (C=O) groups is 2. The lowest BCUT2D eigenvalue weighted by Crippen LogP contribution is -2.53. The van der Waals surface area contributed by atoms with Gasteiger partial charge in [-0.25, -0.2) is 8.42 Å². The molecular weight excluding hydrogens is 510 g/mol. The van der Waals surface area contributed by atoms with Gasteiger partial charge in [0, 0.05) is 19.5 Å². The van der Waals surface area contributed by atoms with E-state index in [4.69, 9.17) is 0 Å². The number of hydrogen-bond acceptors (Lipinski definition) is 4. The molecule has 0 aromatic heterocycles. The molecule has 3 aromatic carbocycles. The highest BCUT2D eigenvalue weighted by molar-refractivity contribution is 7.92. The third-order valence-electron chi connectivity index (χ3n) is 6.75. The normalized spacial score (nSPS) is 12.2. The molecule has 7 nitrogen and oxygen atoms in total. The summed E-state index contributed by atoms with van der Waals surface area (Å²) in [4.78, 5) is 28.9. The van der Waals surface area contributed by atoms with Crippen molar-refractivity contribution in [2.45, 2.75) is 52.6 Å². The summed E-state index contributed by atoms with van der Waals surface area (Å²) in [5.41, 5.74) is 4.25. The Morgan fingerprint density at radius 3 is 2.08 bits per heavy atom. The topological polar surface area (TPSA) is 86.8 Å². The van der Waals surface area contributed by atoms with Crippen molar-refractivity contribution in [2.75, 3.05) is 23.7 Å². The molecule has 0 aliphatic carbocycles. The van der Waals surface area contributed by atoms with Gasteiger partial charge in [0.1, 0.15) is 12.6 Å². The molecule has 0 fully saturated rings. The first kappa shape index (κ1) is 29.9. The van der Waals surface area contributed by atoms with Gasteiger partial charge in [0.2, 0.25) is 21.8 Å². The molecule has 0 unspecified atom stereocenters. The molecule has 0 bridgehead atoms. The number of likely N-dealkylation sites (N-methyl/N-ethyl adjacent to an activating group) is 1. The highest BCUT2D eigenvalue weighted by Gasteiger charge is 2.33. The number of aryl methyl sites for hydroxylation is 1. The Labute approximate surface area is 232 Å². The third kappa shape index (κ3) is 8.17. The number of nitrogens with zero attached hydrogens (tertiary/aromatic N) is 2. The fourth-order valence-corrected chi connectivity index (χ4v) is 5.31. The van der Waals surface area contributed by atoms with E-state index in [2.05, 4.69) is 19.2 Å². The van der Waals surface area contributed by atoms with Gasteiger partial charge in [-0.1, -0.05) is 80.6 Å². The molecule has 0 aliphatic heterocycles. The number of carbonyl (C=O) groups excluding carboxylic acids is 2. The van der Waals surface area contributed by atoms with Crippen molar-refractivity contribution in [2.24, 2.45) is 0 Å². The van der Waals surface area contributed by atoms with E-state index in [1.54, 1.807) is 12.1 Å². The number of nitrogens with one attached hydrogen (secondary N) is 1. The summed E-state index contributed by atoms with van der Waals surface area (Å²) < 4.78 is 26.9. The average molecular weight is 550 g/mol. The quantitative estimate of drug-likeness (QED) is 0.356. The maximum atomic E-state index is 14.0. The van der Waals surface area contributed by atoms with E-state index in [0.29, 0.717) is 18.7 Å². The van der Waals surface area contributed by atoms with Crippen LogP contribution in [0.1, 0.15) is 48.9 Å². The van der Waals surface area contributed by atoms with Gasteiger partial charge in [0.05, 0.1) is 11.9 Å². The Kier molecular flexibility index (Phi) is 10.3. The molecule has 3 aromatic rings. The molecule has 39 heavy (non-hydrogen) atoms. The van der Waals surface area contributed by atoms with Crippen LogP contribution in [-0.2, 0) is 32.6 Å². The number of hydrogen-bond donors (Lipinski definition) is 1. The summed E-state index contributed by atoms with van der Waals surface area (Å²) in [6, 6.07) is 23.6. The summed E-state index contributed by atoms with van der Waals surface area (Å²) in [6.07, 6.45) is 1.39. The molecule has 8 heteroatoms. The number of amides is 2. The first-order valence-corrected chi connectivity index (χ1v) is 15.1. The van der Waals surface area contributed by atoms with E-state index in [-0.39, 0.29) is 18.4 Å². The monoisotopic (exact) mass is 549 g/mol. The minimum atomic E-state index is -3.79. The van der Waals surface area contributed by atoms with Crippen molar-refractivity contribution in [1.82, 2.24) is 10.2 Å². The zero-order valence-electron chi connectivity index (χ0n) is 23.4. The van der Waals surface area contributed by atoms with Crippen molar-refractivity contribution < 1.29 is 18.0 Å². The Bertz CT molecular complexity index is 1360. The molecule has 3 rings (SSSR count). The van der Waals surface area contributed by atoms with Crippen LogP contribution in [0.2, 0.25) is 0 Å². The van der Waals surface area contributed by atoms with Crippen molar-refractivity contribution in [3.63, 3.8) is 0 Å². The summed E-state index contributed by atoms with van der Waals surface area (Å²) in [6.45, 7) is 8.07. The summed E-state index contributed by atoms with van der Waals surface area (Å²) in [5, 5.41) is 2.87. The number of benzene rings is 3. The molecular formula is C31H39N3O4S. The molecule has 0 spiro atoms. The van der Waals surface area contributed by atoms with Gasteiger partial charge in [-0.3, -0.25) is 13.9 Å². The van der Waals surface area contributed by atoms with E-state index in [1.165, 1.54) is 4.90 Å². The first-order chi connectivity index (χ1) is 18.5. The van der Waals surface area contributed by atoms with Crippen LogP contribution >= 0.6 is 0 Å². The van der Waals surface area contributed by atoms with Crippen LogP contribution < -0.4 is 9.62 Å². The molecule has 1 N–H and O–H groups in total. The Morgan fingerprint density at radius 2 is 1.51 bits per heavy atom. The zero-order valence-corrected chi connectivity index (χ0v) is 24.2. The van der Waals surface area contributed by atoms with Gasteiger partial charge in [0.15, 0.2) is 0 Å². The van der Waals surface area contributed by atoms with Crippen LogP contribution in [0, 0.1) is 6.92 Å². The molecule has 0 radical (unpaired) electrons. The van der Waals surface area contributed by atoms with Crippen molar-refractivity contribution in [1.29, 1.82) is 0 Å². The maximum Gasteiger partial charge on any atom is 0.244 e. The molecule has 1 atom stereocenters. The summed E-state index contributed by atoms with van der Waals surface area (Å²) >= 11 is 0. The maximum absolute atomic E-state index is 14.0. The second-order valence-corrected chi connectivity index (χ2v) is 12.0. The SMILES string of the molecule is CCNC(=O)[C@@H](Cc1ccccc1)N(Cc1ccccc1C)C(=O)CN(c1ccc(C(C)C)cc1)S(C)(=O)=O. The van der Waals surface area contributed by atoms with Gasteiger partial charge < -0.3 is 10.2 Å². The highest BCUT2D eigenvalue weighted by atomic mass is 32.2. The lowest BCUT2D eigenvalue weighted by molar-refractivity contribution is -0.140. The van der Waals surface area contributed by atoms with E-state index < -0.39 is 28.5 Å². The smallest absolute Gasteiger partial charge is 0.244 e. The van der Waals surface area contributed by atoms with Crippen molar-refractivity contribution in [3.05, 3.63) is 101 Å². The van der Waals surface area contributed by atoms with Gasteiger partial charge >= 0.3 is 0 Å². The standard InChI is InChI=1S/C31H39N3O4S/c1-6-32-31(36)29(20-25-13-8-7-9-14-25)33(21-27-15-11-10-12-24(27)4)30(35)22-34(39(5,37)38)28-18-16-26(17-19-28)23(2)3/h7-19,23,29H,6,20-22H2,1-5H3,(H,32,36)/t29-/m1/s1. The second kappa shape index (κ2) is 13.4. The van der Waals surface area contributed by atoms with Gasteiger partial charge in [-0.15, -0.1) is 0 Å².